The molecule has 3 rings (SSSR count). The highest BCUT2D eigenvalue weighted by Crippen LogP contribution is 2.23. The Morgan fingerprint density at radius 3 is 2.61 bits per heavy atom. The highest BCUT2D eigenvalue weighted by atomic mass is 16.5. The van der Waals surface area contributed by atoms with Gasteiger partial charge in [-0.3, -0.25) is 4.79 Å². The molecule has 3 aromatic rings. The maximum absolute atomic E-state index is 12.4. The van der Waals surface area contributed by atoms with Crippen LogP contribution in [0.2, 0.25) is 0 Å². The van der Waals surface area contributed by atoms with Gasteiger partial charge in [-0.05, 0) is 42.3 Å². The molecule has 28 heavy (non-hydrogen) atoms. The van der Waals surface area contributed by atoms with Gasteiger partial charge in [-0.1, -0.05) is 18.2 Å². The van der Waals surface area contributed by atoms with E-state index < -0.39 is 5.97 Å². The van der Waals surface area contributed by atoms with E-state index in [1.54, 1.807) is 23.0 Å². The molecule has 0 saturated heterocycles. The number of aryl methyl sites for hydroxylation is 1. The number of amides is 1. The van der Waals surface area contributed by atoms with Crippen LogP contribution in [0.1, 0.15) is 22.3 Å². The molecule has 0 spiro atoms. The lowest BCUT2D eigenvalue weighted by molar-refractivity contribution is -0.116. The van der Waals surface area contributed by atoms with Crippen molar-refractivity contribution in [2.45, 2.75) is 12.8 Å². The van der Waals surface area contributed by atoms with E-state index in [1.165, 1.54) is 20.3 Å². The minimum Gasteiger partial charge on any atom is -0.497 e. The normalized spacial score (nSPS) is 10.4. The fraction of sp³-hybridized carbons (Fsp3) is 0.190. The van der Waals surface area contributed by atoms with Crippen molar-refractivity contribution in [1.29, 1.82) is 0 Å². The zero-order chi connectivity index (χ0) is 19.9. The third-order valence-corrected chi connectivity index (χ3v) is 4.20. The van der Waals surface area contributed by atoms with E-state index in [9.17, 15) is 9.59 Å². The molecule has 0 unspecified atom stereocenters. The lowest BCUT2D eigenvalue weighted by Gasteiger charge is -2.11. The van der Waals surface area contributed by atoms with Crippen LogP contribution in [-0.2, 0) is 16.0 Å². The first kappa shape index (κ1) is 19.2. The van der Waals surface area contributed by atoms with Gasteiger partial charge >= 0.3 is 5.97 Å². The molecule has 1 aromatic heterocycles. The molecule has 0 aliphatic heterocycles. The van der Waals surface area contributed by atoms with Gasteiger partial charge in [-0.15, -0.1) is 0 Å². The first-order valence-corrected chi connectivity index (χ1v) is 8.76. The predicted molar refractivity (Wildman–Crippen MR) is 105 cm³/mol. The first-order valence-electron chi connectivity index (χ1n) is 8.76. The standard InChI is InChI=1S/C21H21N3O4/c1-27-17-9-10-19(18(12-17)21(26)28-2)23-20(25)11-8-15-13-22-24(14-15)16-6-4-3-5-7-16/h3-7,9-10,12-14H,8,11H2,1-2H3,(H,23,25). The Kier molecular flexibility index (Phi) is 6.06. The van der Waals surface area contributed by atoms with Crippen molar-refractivity contribution in [3.8, 4) is 11.4 Å². The predicted octanol–water partition coefficient (Wildman–Crippen LogP) is 3.24. The van der Waals surface area contributed by atoms with Crippen molar-refractivity contribution < 1.29 is 19.1 Å². The summed E-state index contributed by atoms with van der Waals surface area (Å²) in [5.41, 5.74) is 2.53. The van der Waals surface area contributed by atoms with Crippen LogP contribution >= 0.6 is 0 Å². The van der Waals surface area contributed by atoms with Crippen molar-refractivity contribution in [1.82, 2.24) is 9.78 Å². The van der Waals surface area contributed by atoms with Gasteiger partial charge in [-0.25, -0.2) is 9.48 Å². The van der Waals surface area contributed by atoms with E-state index in [0.29, 0.717) is 17.9 Å². The summed E-state index contributed by atoms with van der Waals surface area (Å²) in [6, 6.07) is 14.6. The summed E-state index contributed by atoms with van der Waals surface area (Å²) in [7, 11) is 2.79. The number of methoxy groups -OCH3 is 2. The number of anilines is 1. The number of rotatable bonds is 7. The molecule has 0 fully saturated rings. The zero-order valence-electron chi connectivity index (χ0n) is 15.7. The van der Waals surface area contributed by atoms with Crippen LogP contribution in [-0.4, -0.2) is 35.9 Å². The minimum absolute atomic E-state index is 0.206. The summed E-state index contributed by atoms with van der Waals surface area (Å²) in [5.74, 6) is -0.243. The molecule has 2 aromatic carbocycles. The van der Waals surface area contributed by atoms with Crippen molar-refractivity contribution in [3.05, 3.63) is 72.1 Å². The second kappa shape index (κ2) is 8.85. The van der Waals surface area contributed by atoms with Crippen molar-refractivity contribution >= 4 is 17.6 Å². The highest BCUT2D eigenvalue weighted by molar-refractivity contribution is 6.01. The van der Waals surface area contributed by atoms with Crippen LogP contribution < -0.4 is 10.1 Å². The molecular weight excluding hydrogens is 358 g/mol. The molecule has 0 saturated carbocycles. The lowest BCUT2D eigenvalue weighted by Crippen LogP contribution is -2.15. The fourth-order valence-corrected chi connectivity index (χ4v) is 2.72. The molecule has 1 N–H and O–H groups in total. The number of carbonyl (C=O) groups is 2. The summed E-state index contributed by atoms with van der Waals surface area (Å²) in [6.45, 7) is 0. The topological polar surface area (TPSA) is 82.4 Å². The molecule has 0 aliphatic carbocycles. The molecular formula is C21H21N3O4. The van der Waals surface area contributed by atoms with E-state index in [-0.39, 0.29) is 17.9 Å². The zero-order valence-corrected chi connectivity index (χ0v) is 15.7. The fourth-order valence-electron chi connectivity index (χ4n) is 2.72. The van der Waals surface area contributed by atoms with Gasteiger partial charge in [0.15, 0.2) is 0 Å². The highest BCUT2D eigenvalue weighted by Gasteiger charge is 2.15. The Morgan fingerprint density at radius 1 is 1.11 bits per heavy atom. The van der Waals surface area contributed by atoms with Crippen LogP contribution in [0.3, 0.4) is 0 Å². The van der Waals surface area contributed by atoms with Gasteiger partial charge < -0.3 is 14.8 Å². The monoisotopic (exact) mass is 379 g/mol. The van der Waals surface area contributed by atoms with Gasteiger partial charge in [0.1, 0.15) is 5.75 Å². The number of para-hydroxylation sites is 1. The molecule has 144 valence electrons. The minimum atomic E-state index is -0.543. The van der Waals surface area contributed by atoms with Gasteiger partial charge in [0.2, 0.25) is 5.91 Å². The number of hydrogen-bond donors (Lipinski definition) is 1. The first-order chi connectivity index (χ1) is 13.6. The molecule has 0 aliphatic rings. The number of hydrogen-bond acceptors (Lipinski definition) is 5. The summed E-state index contributed by atoms with van der Waals surface area (Å²) < 4.78 is 11.7. The van der Waals surface area contributed by atoms with E-state index in [0.717, 1.165) is 11.3 Å². The Balaban J connectivity index is 1.64. The number of nitrogens with one attached hydrogen (secondary N) is 1. The largest absolute Gasteiger partial charge is 0.497 e. The van der Waals surface area contributed by atoms with E-state index in [2.05, 4.69) is 10.4 Å². The molecule has 1 heterocycles. The molecule has 1 amide bonds. The van der Waals surface area contributed by atoms with Crippen LogP contribution in [0, 0.1) is 0 Å². The summed E-state index contributed by atoms with van der Waals surface area (Å²) >= 11 is 0. The molecule has 0 bridgehead atoms. The van der Waals surface area contributed by atoms with Crippen LogP contribution in [0.25, 0.3) is 5.69 Å². The summed E-state index contributed by atoms with van der Waals surface area (Å²) in [6.07, 6.45) is 4.43. The van der Waals surface area contributed by atoms with E-state index in [1.807, 2.05) is 36.5 Å². The number of aromatic nitrogens is 2. The van der Waals surface area contributed by atoms with Gasteiger partial charge in [-0.2, -0.15) is 5.10 Å². The molecule has 0 radical (unpaired) electrons. The Morgan fingerprint density at radius 2 is 1.89 bits per heavy atom. The smallest absolute Gasteiger partial charge is 0.340 e. The maximum atomic E-state index is 12.4. The second-order valence-electron chi connectivity index (χ2n) is 6.08. The average molecular weight is 379 g/mol. The van der Waals surface area contributed by atoms with Crippen LogP contribution in [0.5, 0.6) is 5.75 Å². The van der Waals surface area contributed by atoms with Gasteiger partial charge in [0.05, 0.1) is 37.4 Å². The van der Waals surface area contributed by atoms with Gasteiger partial charge in [0.25, 0.3) is 0 Å². The number of nitrogens with zero attached hydrogens (tertiary/aromatic N) is 2. The summed E-state index contributed by atoms with van der Waals surface area (Å²) in [5, 5.41) is 7.09. The van der Waals surface area contributed by atoms with Crippen LogP contribution in [0.15, 0.2) is 60.9 Å². The summed E-state index contributed by atoms with van der Waals surface area (Å²) in [4.78, 5) is 24.3. The van der Waals surface area contributed by atoms with E-state index >= 15 is 0 Å². The third kappa shape index (κ3) is 4.56. The Labute approximate surface area is 162 Å². The molecule has 7 heteroatoms. The average Bonchev–Trinajstić information content (AvgIpc) is 3.22. The maximum Gasteiger partial charge on any atom is 0.340 e. The number of esters is 1. The lowest BCUT2D eigenvalue weighted by atomic mass is 10.1. The number of ether oxygens (including phenoxy) is 2. The molecule has 0 atom stereocenters. The van der Waals surface area contributed by atoms with Crippen LogP contribution in [0.4, 0.5) is 5.69 Å². The SMILES string of the molecule is COC(=O)c1cc(OC)ccc1NC(=O)CCc1cnn(-c2ccccc2)c1. The molecule has 7 nitrogen and oxygen atoms in total. The van der Waals surface area contributed by atoms with Gasteiger partial charge in [0, 0.05) is 12.6 Å². The number of benzene rings is 2. The quantitative estimate of drug-likeness (QED) is 0.637. The van der Waals surface area contributed by atoms with Crippen molar-refractivity contribution in [2.24, 2.45) is 0 Å². The van der Waals surface area contributed by atoms with Crippen molar-refractivity contribution in [3.63, 3.8) is 0 Å². The third-order valence-electron chi connectivity index (χ3n) is 4.20. The Bertz CT molecular complexity index is 967. The Hall–Kier alpha value is -3.61. The van der Waals surface area contributed by atoms with Crippen molar-refractivity contribution in [2.75, 3.05) is 19.5 Å². The second-order valence-corrected chi connectivity index (χ2v) is 6.08. The van der Waals surface area contributed by atoms with E-state index in [4.69, 9.17) is 9.47 Å². The number of carbonyl (C=O) groups excluding carboxylic acids is 2.